The monoisotopic (exact) mass is 425 g/mol. The summed E-state index contributed by atoms with van der Waals surface area (Å²) in [4.78, 5) is 26.4. The van der Waals surface area contributed by atoms with Crippen LogP contribution in [0.2, 0.25) is 0 Å². The van der Waals surface area contributed by atoms with Crippen molar-refractivity contribution in [3.8, 4) is 27.9 Å². The van der Waals surface area contributed by atoms with Gasteiger partial charge in [-0.2, -0.15) is 0 Å². The molecule has 2 heterocycles. The number of likely N-dealkylation sites (N-methyl/N-ethyl adjacent to an activating group) is 1. The Morgan fingerprint density at radius 3 is 2.56 bits per heavy atom. The number of aromatic amines is 1. The Hall–Kier alpha value is -3.90. The summed E-state index contributed by atoms with van der Waals surface area (Å²) in [6.07, 6.45) is 8.02. The molecule has 0 fully saturated rings. The lowest BCUT2D eigenvalue weighted by Crippen LogP contribution is -2.27. The molecule has 0 unspecified atom stereocenters. The van der Waals surface area contributed by atoms with Crippen LogP contribution in [0.3, 0.4) is 0 Å². The van der Waals surface area contributed by atoms with Crippen molar-refractivity contribution in [2.75, 3.05) is 13.6 Å². The Morgan fingerprint density at radius 2 is 1.84 bits per heavy atom. The number of fused-ring (bicyclic) bond motifs is 1. The molecule has 4 aromatic rings. The van der Waals surface area contributed by atoms with Gasteiger partial charge in [0.2, 0.25) is 0 Å². The summed E-state index contributed by atoms with van der Waals surface area (Å²) in [6, 6.07) is 13.7. The van der Waals surface area contributed by atoms with E-state index in [1.165, 1.54) is 33.5 Å². The van der Waals surface area contributed by atoms with Crippen LogP contribution in [-0.2, 0) is 6.42 Å². The molecule has 32 heavy (non-hydrogen) atoms. The molecule has 0 amide bonds. The van der Waals surface area contributed by atoms with E-state index < -0.39 is 11.2 Å². The highest BCUT2D eigenvalue weighted by Crippen LogP contribution is 2.37. The first kappa shape index (κ1) is 20.0. The lowest BCUT2D eigenvalue weighted by molar-refractivity contribution is 0.568. The van der Waals surface area contributed by atoms with Crippen molar-refractivity contribution in [3.05, 3.63) is 105 Å². The van der Waals surface area contributed by atoms with Crippen molar-refractivity contribution >= 4 is 5.57 Å². The second-order valence-electron chi connectivity index (χ2n) is 7.99. The third kappa shape index (κ3) is 3.44. The summed E-state index contributed by atoms with van der Waals surface area (Å²) in [7, 11) is 1.96. The van der Waals surface area contributed by atoms with Gasteiger partial charge in [-0.1, -0.05) is 24.3 Å². The zero-order valence-corrected chi connectivity index (χ0v) is 17.9. The minimum atomic E-state index is -0.472. The highest BCUT2D eigenvalue weighted by Gasteiger charge is 2.17. The van der Waals surface area contributed by atoms with E-state index in [-0.39, 0.29) is 0 Å². The molecule has 0 spiro atoms. The third-order valence-corrected chi connectivity index (χ3v) is 6.02. The summed E-state index contributed by atoms with van der Waals surface area (Å²) >= 11 is 0. The van der Waals surface area contributed by atoms with Crippen molar-refractivity contribution in [1.29, 1.82) is 0 Å². The van der Waals surface area contributed by atoms with Crippen LogP contribution in [0.15, 0.2) is 81.3 Å². The van der Waals surface area contributed by atoms with Crippen molar-refractivity contribution in [2.24, 2.45) is 0 Å². The highest BCUT2D eigenvalue weighted by molar-refractivity contribution is 5.83. The maximum atomic E-state index is 12.5. The molecule has 0 atom stereocenters. The number of H-pyrrole nitrogens is 1. The third-order valence-electron chi connectivity index (χ3n) is 6.02. The fourth-order valence-electron chi connectivity index (χ4n) is 4.42. The molecule has 2 aromatic carbocycles. The van der Waals surface area contributed by atoms with Crippen LogP contribution in [0.25, 0.3) is 33.5 Å². The largest absolute Gasteiger partial charge is 0.472 e. The van der Waals surface area contributed by atoms with Crippen LogP contribution in [-0.4, -0.2) is 23.1 Å². The number of aromatic nitrogens is 2. The minimum absolute atomic E-state index is 0.419. The molecule has 160 valence electrons. The van der Waals surface area contributed by atoms with Crippen molar-refractivity contribution < 1.29 is 4.42 Å². The first-order chi connectivity index (χ1) is 15.5. The number of benzene rings is 2. The average Bonchev–Trinajstić information content (AvgIpc) is 3.45. The van der Waals surface area contributed by atoms with Crippen LogP contribution < -0.4 is 16.6 Å². The molecule has 2 aromatic heterocycles. The molecule has 6 heteroatoms. The van der Waals surface area contributed by atoms with Gasteiger partial charge in [0.05, 0.1) is 18.2 Å². The zero-order chi connectivity index (χ0) is 22.2. The van der Waals surface area contributed by atoms with Crippen molar-refractivity contribution in [3.63, 3.8) is 0 Å². The van der Waals surface area contributed by atoms with E-state index in [1.807, 2.05) is 25.2 Å². The first-order valence-corrected chi connectivity index (χ1v) is 10.5. The van der Waals surface area contributed by atoms with Crippen molar-refractivity contribution in [2.45, 2.75) is 13.3 Å². The second-order valence-corrected chi connectivity index (χ2v) is 7.99. The van der Waals surface area contributed by atoms with E-state index in [0.717, 1.165) is 40.8 Å². The highest BCUT2D eigenvalue weighted by atomic mass is 16.3. The summed E-state index contributed by atoms with van der Waals surface area (Å²) in [5, 5.41) is 3.23. The Balaban J connectivity index is 1.70. The maximum absolute atomic E-state index is 12.5. The van der Waals surface area contributed by atoms with Gasteiger partial charge in [-0.05, 0) is 77.5 Å². The Morgan fingerprint density at radius 1 is 1.03 bits per heavy atom. The van der Waals surface area contributed by atoms with E-state index in [0.29, 0.717) is 5.69 Å². The maximum Gasteiger partial charge on any atom is 0.332 e. The molecule has 6 nitrogen and oxygen atoms in total. The Bertz CT molecular complexity index is 1460. The predicted octanol–water partition coefficient (Wildman–Crippen LogP) is 3.92. The topological polar surface area (TPSA) is 80.0 Å². The number of rotatable bonds is 5. The van der Waals surface area contributed by atoms with E-state index in [4.69, 9.17) is 4.42 Å². The van der Waals surface area contributed by atoms with Crippen LogP contribution in [0.5, 0.6) is 0 Å². The van der Waals surface area contributed by atoms with Crippen LogP contribution >= 0.6 is 0 Å². The number of allylic oxidation sites excluding steroid dienone is 1. The van der Waals surface area contributed by atoms with Gasteiger partial charge in [0.1, 0.15) is 0 Å². The molecule has 1 aliphatic rings. The van der Waals surface area contributed by atoms with E-state index in [9.17, 15) is 9.59 Å². The zero-order valence-electron chi connectivity index (χ0n) is 17.9. The predicted molar refractivity (Wildman–Crippen MR) is 126 cm³/mol. The van der Waals surface area contributed by atoms with E-state index in [2.05, 4.69) is 41.5 Å². The molecule has 5 rings (SSSR count). The lowest BCUT2D eigenvalue weighted by Gasteiger charge is -2.16. The molecule has 0 saturated carbocycles. The van der Waals surface area contributed by atoms with Gasteiger partial charge in [-0.15, -0.1) is 0 Å². The first-order valence-electron chi connectivity index (χ1n) is 10.5. The second kappa shape index (κ2) is 7.98. The number of nitrogens with one attached hydrogen (secondary N) is 2. The lowest BCUT2D eigenvalue weighted by atomic mass is 9.91. The van der Waals surface area contributed by atoms with Crippen LogP contribution in [0.1, 0.15) is 16.7 Å². The van der Waals surface area contributed by atoms with Gasteiger partial charge < -0.3 is 9.73 Å². The summed E-state index contributed by atoms with van der Waals surface area (Å²) in [6.45, 7) is 2.93. The van der Waals surface area contributed by atoms with Crippen LogP contribution in [0, 0.1) is 6.92 Å². The molecule has 0 aliphatic heterocycles. The molecule has 0 saturated heterocycles. The van der Waals surface area contributed by atoms with Gasteiger partial charge in [0, 0.05) is 24.4 Å². The fourth-order valence-corrected chi connectivity index (χ4v) is 4.42. The van der Waals surface area contributed by atoms with E-state index in [1.54, 1.807) is 12.5 Å². The number of hydrogen-bond acceptors (Lipinski definition) is 4. The molecule has 1 aliphatic carbocycles. The molecule has 0 bridgehead atoms. The Labute approximate surface area is 184 Å². The summed E-state index contributed by atoms with van der Waals surface area (Å²) in [5.41, 5.74) is 8.79. The Kier molecular flexibility index (Phi) is 4.99. The fraction of sp³-hybridized carbons (Fsp3) is 0.154. The molecule has 0 radical (unpaired) electrons. The quantitative estimate of drug-likeness (QED) is 0.508. The number of furan rings is 1. The van der Waals surface area contributed by atoms with Gasteiger partial charge in [0.15, 0.2) is 0 Å². The van der Waals surface area contributed by atoms with E-state index >= 15 is 0 Å². The molecule has 2 N–H and O–H groups in total. The number of hydrogen-bond donors (Lipinski definition) is 2. The SMILES string of the molecule is CNCC1=CCc2cc(-c3cc(-n4ccc(=O)[nH]c4=O)cc(-c4ccoc4)c3C)ccc21. The van der Waals surface area contributed by atoms with Gasteiger partial charge in [-0.3, -0.25) is 14.3 Å². The van der Waals surface area contributed by atoms with Gasteiger partial charge in [0.25, 0.3) is 5.56 Å². The molecular formula is C26H23N3O3. The number of nitrogens with zero attached hydrogens (tertiary/aromatic N) is 1. The summed E-state index contributed by atoms with van der Waals surface area (Å²) < 4.78 is 6.77. The standard InChI is InChI=1S/C26H23N3O3/c1-16-23(18-5-6-22-17(11-18)3-4-19(22)14-27-2)12-21(13-24(16)20-8-10-32-15-20)29-9-7-25(30)28-26(29)31/h4-13,15,27H,3,14H2,1-2H3,(H,28,30,31). The van der Waals surface area contributed by atoms with Crippen LogP contribution in [0.4, 0.5) is 0 Å². The smallest absolute Gasteiger partial charge is 0.332 e. The average molecular weight is 425 g/mol. The van der Waals surface area contributed by atoms with Gasteiger partial charge >= 0.3 is 5.69 Å². The van der Waals surface area contributed by atoms with Crippen molar-refractivity contribution in [1.82, 2.24) is 14.9 Å². The summed E-state index contributed by atoms with van der Waals surface area (Å²) in [5.74, 6) is 0. The minimum Gasteiger partial charge on any atom is -0.472 e. The molecular weight excluding hydrogens is 402 g/mol. The van der Waals surface area contributed by atoms with Gasteiger partial charge in [-0.25, -0.2) is 4.79 Å². The normalized spacial score (nSPS) is 12.6.